The molecule has 2 heterocycles. The summed E-state index contributed by atoms with van der Waals surface area (Å²) in [5.74, 6) is 0.384. The normalized spacial score (nSPS) is 10.1. The molecule has 0 radical (unpaired) electrons. The van der Waals surface area contributed by atoms with E-state index in [-0.39, 0.29) is 5.69 Å². The van der Waals surface area contributed by atoms with E-state index < -0.39 is 5.97 Å². The van der Waals surface area contributed by atoms with Gasteiger partial charge in [-0.05, 0) is 12.1 Å². The summed E-state index contributed by atoms with van der Waals surface area (Å²) in [4.78, 5) is 11.0. The Morgan fingerprint density at radius 1 is 1.50 bits per heavy atom. The maximum atomic E-state index is 11.0. The van der Waals surface area contributed by atoms with Crippen molar-refractivity contribution >= 4 is 5.97 Å². The van der Waals surface area contributed by atoms with E-state index in [1.807, 2.05) is 0 Å². The Hall–Kier alpha value is -2.04. The second-order valence-corrected chi connectivity index (χ2v) is 2.55. The maximum absolute atomic E-state index is 11.0. The van der Waals surface area contributed by atoms with E-state index in [9.17, 15) is 4.79 Å². The molecule has 0 fully saturated rings. The number of methoxy groups -OCH3 is 1. The number of ether oxygens (including phenoxy) is 1. The number of rotatable bonds is 2. The molecule has 0 aliphatic heterocycles. The lowest BCUT2D eigenvalue weighted by molar-refractivity contribution is 0.0589. The van der Waals surface area contributed by atoms with Crippen LogP contribution < -0.4 is 0 Å². The molecule has 0 N–H and O–H groups in total. The van der Waals surface area contributed by atoms with Crippen molar-refractivity contribution < 1.29 is 18.5 Å². The van der Waals surface area contributed by atoms with E-state index in [4.69, 9.17) is 8.94 Å². The van der Waals surface area contributed by atoms with Gasteiger partial charge in [0.15, 0.2) is 11.5 Å². The highest BCUT2D eigenvalue weighted by Gasteiger charge is 2.14. The van der Waals surface area contributed by atoms with E-state index in [0.29, 0.717) is 11.5 Å². The van der Waals surface area contributed by atoms with Crippen molar-refractivity contribution in [1.82, 2.24) is 5.16 Å². The van der Waals surface area contributed by atoms with Gasteiger partial charge in [0.25, 0.3) is 0 Å². The third-order valence-corrected chi connectivity index (χ3v) is 1.67. The zero-order valence-electron chi connectivity index (χ0n) is 7.39. The number of carbonyl (C=O) groups is 1. The van der Waals surface area contributed by atoms with E-state index in [0.717, 1.165) is 0 Å². The molecular weight excluding hydrogens is 186 g/mol. The van der Waals surface area contributed by atoms with Crippen LogP contribution in [0.3, 0.4) is 0 Å². The number of carbonyl (C=O) groups excluding carboxylic acids is 1. The van der Waals surface area contributed by atoms with Crippen molar-refractivity contribution in [3.63, 3.8) is 0 Å². The first-order chi connectivity index (χ1) is 6.81. The molecule has 0 aromatic carbocycles. The zero-order chi connectivity index (χ0) is 9.97. The highest BCUT2D eigenvalue weighted by molar-refractivity contribution is 5.87. The predicted molar refractivity (Wildman–Crippen MR) is 45.5 cm³/mol. The molecule has 72 valence electrons. The van der Waals surface area contributed by atoms with Crippen LogP contribution in [0.4, 0.5) is 0 Å². The topological polar surface area (TPSA) is 65.5 Å². The van der Waals surface area contributed by atoms with E-state index in [1.54, 1.807) is 12.1 Å². The Bertz CT molecular complexity index is 429. The van der Waals surface area contributed by atoms with Crippen LogP contribution in [0.15, 0.2) is 33.4 Å². The molecule has 5 nitrogen and oxygen atoms in total. The number of furan rings is 1. The molecule has 5 heteroatoms. The van der Waals surface area contributed by atoms with Crippen molar-refractivity contribution in [2.24, 2.45) is 0 Å². The van der Waals surface area contributed by atoms with Gasteiger partial charge in [-0.1, -0.05) is 5.16 Å². The van der Waals surface area contributed by atoms with Crippen LogP contribution in [0.2, 0.25) is 0 Å². The highest BCUT2D eigenvalue weighted by atomic mass is 16.5. The first-order valence-electron chi connectivity index (χ1n) is 3.90. The van der Waals surface area contributed by atoms with Crippen LogP contribution >= 0.6 is 0 Å². The summed E-state index contributed by atoms with van der Waals surface area (Å²) in [7, 11) is 1.28. The first-order valence-corrected chi connectivity index (χ1v) is 3.90. The van der Waals surface area contributed by atoms with Crippen LogP contribution in [0.1, 0.15) is 10.5 Å². The lowest BCUT2D eigenvalue weighted by Crippen LogP contribution is -2.00. The molecule has 0 saturated carbocycles. The van der Waals surface area contributed by atoms with Gasteiger partial charge < -0.3 is 13.7 Å². The Morgan fingerprint density at radius 2 is 2.36 bits per heavy atom. The molecule has 0 aliphatic carbocycles. The van der Waals surface area contributed by atoms with Gasteiger partial charge in [-0.15, -0.1) is 0 Å². The summed E-state index contributed by atoms with van der Waals surface area (Å²) in [6.45, 7) is 0. The second kappa shape index (κ2) is 3.37. The monoisotopic (exact) mass is 193 g/mol. The number of aromatic nitrogens is 1. The number of esters is 1. The maximum Gasteiger partial charge on any atom is 0.360 e. The third-order valence-electron chi connectivity index (χ3n) is 1.67. The smallest absolute Gasteiger partial charge is 0.360 e. The molecule has 2 aromatic heterocycles. The summed E-state index contributed by atoms with van der Waals surface area (Å²) >= 11 is 0. The van der Waals surface area contributed by atoms with Gasteiger partial charge in [0.05, 0.1) is 13.4 Å². The van der Waals surface area contributed by atoms with Gasteiger partial charge >= 0.3 is 5.97 Å². The van der Waals surface area contributed by atoms with Crippen LogP contribution in [0, 0.1) is 0 Å². The molecule has 0 unspecified atom stereocenters. The SMILES string of the molecule is COC(=O)c1cc(-c2ccco2)on1. The molecule has 14 heavy (non-hydrogen) atoms. The second-order valence-electron chi connectivity index (χ2n) is 2.55. The van der Waals surface area contributed by atoms with Crippen molar-refractivity contribution in [3.8, 4) is 11.5 Å². The average Bonchev–Trinajstić information content (AvgIpc) is 2.86. The predicted octanol–water partition coefficient (Wildman–Crippen LogP) is 1.72. The molecular formula is C9H7NO4. The lowest BCUT2D eigenvalue weighted by atomic mass is 10.3. The van der Waals surface area contributed by atoms with Crippen molar-refractivity contribution in [2.75, 3.05) is 7.11 Å². The van der Waals surface area contributed by atoms with Gasteiger partial charge in [0, 0.05) is 6.07 Å². The van der Waals surface area contributed by atoms with Crippen molar-refractivity contribution in [2.45, 2.75) is 0 Å². The highest BCUT2D eigenvalue weighted by Crippen LogP contribution is 2.20. The molecule has 0 saturated heterocycles. The van der Waals surface area contributed by atoms with E-state index in [2.05, 4.69) is 9.89 Å². The third kappa shape index (κ3) is 1.39. The van der Waals surface area contributed by atoms with Crippen molar-refractivity contribution in [1.29, 1.82) is 0 Å². The first kappa shape index (κ1) is 8.55. The van der Waals surface area contributed by atoms with Gasteiger partial charge in [-0.25, -0.2) is 4.79 Å². The quantitative estimate of drug-likeness (QED) is 0.679. The van der Waals surface area contributed by atoms with Gasteiger partial charge in [-0.3, -0.25) is 0 Å². The number of hydrogen-bond donors (Lipinski definition) is 0. The molecule has 0 aliphatic rings. The van der Waals surface area contributed by atoms with Crippen LogP contribution in [-0.2, 0) is 4.74 Å². The fraction of sp³-hybridized carbons (Fsp3) is 0.111. The van der Waals surface area contributed by atoms with E-state index in [1.165, 1.54) is 19.4 Å². The standard InChI is InChI=1S/C9H7NO4/c1-12-9(11)6-5-8(14-10-6)7-3-2-4-13-7/h2-5H,1H3. The zero-order valence-corrected chi connectivity index (χ0v) is 7.39. The van der Waals surface area contributed by atoms with Gasteiger partial charge in [0.2, 0.25) is 5.76 Å². The summed E-state index contributed by atoms with van der Waals surface area (Å²) in [5, 5.41) is 3.53. The lowest BCUT2D eigenvalue weighted by Gasteiger charge is -1.88. The molecule has 0 atom stereocenters. The number of nitrogens with zero attached hydrogens (tertiary/aromatic N) is 1. The largest absolute Gasteiger partial charge is 0.464 e. The molecule has 2 aromatic rings. The summed E-state index contributed by atoms with van der Waals surface area (Å²) < 4.78 is 14.4. The molecule has 0 amide bonds. The summed E-state index contributed by atoms with van der Waals surface area (Å²) in [6, 6.07) is 4.89. The minimum Gasteiger partial charge on any atom is -0.464 e. The number of hydrogen-bond acceptors (Lipinski definition) is 5. The summed E-state index contributed by atoms with van der Waals surface area (Å²) in [6.07, 6.45) is 1.51. The Kier molecular flexibility index (Phi) is 2.06. The Morgan fingerprint density at radius 3 is 3.00 bits per heavy atom. The van der Waals surface area contributed by atoms with Gasteiger partial charge in [-0.2, -0.15) is 0 Å². The van der Waals surface area contributed by atoms with E-state index >= 15 is 0 Å². The molecule has 2 rings (SSSR count). The fourth-order valence-electron chi connectivity index (χ4n) is 1.01. The van der Waals surface area contributed by atoms with Crippen LogP contribution in [0.25, 0.3) is 11.5 Å². The van der Waals surface area contributed by atoms with Crippen LogP contribution in [-0.4, -0.2) is 18.2 Å². The molecule has 0 spiro atoms. The fourth-order valence-corrected chi connectivity index (χ4v) is 1.01. The minimum atomic E-state index is -0.536. The van der Waals surface area contributed by atoms with Crippen molar-refractivity contribution in [3.05, 3.63) is 30.2 Å². The average molecular weight is 193 g/mol. The van der Waals surface area contributed by atoms with Gasteiger partial charge in [0.1, 0.15) is 0 Å². The summed E-state index contributed by atoms with van der Waals surface area (Å²) in [5.41, 5.74) is 0.124. The minimum absolute atomic E-state index is 0.124. The molecule has 0 bridgehead atoms. The van der Waals surface area contributed by atoms with Crippen LogP contribution in [0.5, 0.6) is 0 Å². The Balaban J connectivity index is 2.31. The Labute approximate surface area is 79.3 Å².